The van der Waals surface area contributed by atoms with Crippen LogP contribution in [0.4, 0.5) is 0 Å². The van der Waals surface area contributed by atoms with Gasteiger partial charge in [-0.1, -0.05) is 31.0 Å². The third-order valence-electron chi connectivity index (χ3n) is 4.37. The minimum atomic E-state index is -0.812. The van der Waals surface area contributed by atoms with Crippen molar-refractivity contribution in [3.05, 3.63) is 29.8 Å². The second-order valence-corrected chi connectivity index (χ2v) is 5.60. The quantitative estimate of drug-likeness (QED) is 0.898. The van der Waals surface area contributed by atoms with Gasteiger partial charge in [0.2, 0.25) is 5.91 Å². The molecule has 0 aromatic heterocycles. The molecule has 0 bridgehead atoms. The van der Waals surface area contributed by atoms with Crippen molar-refractivity contribution in [1.29, 1.82) is 5.26 Å². The molecule has 20 heavy (non-hydrogen) atoms. The van der Waals surface area contributed by atoms with Gasteiger partial charge in [-0.15, -0.1) is 0 Å². The molecule has 1 amide bonds. The molecule has 1 aliphatic heterocycles. The summed E-state index contributed by atoms with van der Waals surface area (Å²) in [6, 6.07) is 9.98. The summed E-state index contributed by atoms with van der Waals surface area (Å²) in [5.74, 6) is 0.723. The van der Waals surface area contributed by atoms with Crippen LogP contribution < -0.4 is 10.1 Å². The van der Waals surface area contributed by atoms with E-state index in [1.165, 1.54) is 0 Å². The fourth-order valence-corrected chi connectivity index (χ4v) is 3.16. The van der Waals surface area contributed by atoms with Gasteiger partial charge in [0.1, 0.15) is 11.2 Å². The predicted octanol–water partition coefficient (Wildman–Crippen LogP) is 2.71. The number of nitrogens with zero attached hydrogens (tertiary/aromatic N) is 1. The number of benzene rings is 1. The molecule has 3 rings (SSSR count). The molecular weight excluding hydrogens is 252 g/mol. The van der Waals surface area contributed by atoms with Crippen LogP contribution in [0.25, 0.3) is 0 Å². The second kappa shape index (κ2) is 5.16. The van der Waals surface area contributed by atoms with Gasteiger partial charge in [0.05, 0.1) is 18.7 Å². The molecule has 1 atom stereocenters. The van der Waals surface area contributed by atoms with E-state index < -0.39 is 5.41 Å². The SMILES string of the molecule is N#CC1(C(=O)NC2CCOc3ccccc32)CCCC1. The van der Waals surface area contributed by atoms with E-state index in [0.717, 1.165) is 30.6 Å². The van der Waals surface area contributed by atoms with Crippen LogP contribution in [0.3, 0.4) is 0 Å². The first-order valence-electron chi connectivity index (χ1n) is 7.19. The molecule has 1 unspecified atom stereocenters. The number of carbonyl (C=O) groups is 1. The summed E-state index contributed by atoms with van der Waals surface area (Å²) in [6.45, 7) is 0.599. The number of hydrogen-bond donors (Lipinski definition) is 1. The minimum absolute atomic E-state index is 0.0433. The maximum absolute atomic E-state index is 12.5. The molecule has 1 fully saturated rings. The molecule has 0 saturated heterocycles. The van der Waals surface area contributed by atoms with Gasteiger partial charge in [-0.25, -0.2) is 0 Å². The van der Waals surface area contributed by atoms with E-state index in [4.69, 9.17) is 4.74 Å². The van der Waals surface area contributed by atoms with Crippen LogP contribution in [0.5, 0.6) is 5.75 Å². The van der Waals surface area contributed by atoms with Gasteiger partial charge in [-0.05, 0) is 18.9 Å². The van der Waals surface area contributed by atoms with Crippen LogP contribution in [0.2, 0.25) is 0 Å². The molecule has 0 radical (unpaired) electrons. The Balaban J connectivity index is 1.79. The van der Waals surface area contributed by atoms with Crippen LogP contribution in [0.1, 0.15) is 43.7 Å². The Hall–Kier alpha value is -2.02. The number of nitriles is 1. The molecule has 1 saturated carbocycles. The zero-order valence-corrected chi connectivity index (χ0v) is 11.4. The van der Waals surface area contributed by atoms with E-state index in [-0.39, 0.29) is 11.9 Å². The Morgan fingerprint density at radius 1 is 1.35 bits per heavy atom. The Morgan fingerprint density at radius 3 is 2.85 bits per heavy atom. The van der Waals surface area contributed by atoms with Gasteiger partial charge in [-0.2, -0.15) is 5.26 Å². The van der Waals surface area contributed by atoms with Crippen LogP contribution >= 0.6 is 0 Å². The summed E-state index contributed by atoms with van der Waals surface area (Å²) in [4.78, 5) is 12.5. The molecule has 1 aliphatic carbocycles. The molecular formula is C16H18N2O2. The van der Waals surface area contributed by atoms with Crippen molar-refractivity contribution in [3.63, 3.8) is 0 Å². The third-order valence-corrected chi connectivity index (χ3v) is 4.37. The number of fused-ring (bicyclic) bond motifs is 1. The second-order valence-electron chi connectivity index (χ2n) is 5.60. The minimum Gasteiger partial charge on any atom is -0.493 e. The Labute approximate surface area is 118 Å². The number of nitrogens with one attached hydrogen (secondary N) is 1. The van der Waals surface area contributed by atoms with Crippen molar-refractivity contribution in [2.75, 3.05) is 6.61 Å². The number of carbonyl (C=O) groups excluding carboxylic acids is 1. The highest BCUT2D eigenvalue weighted by Gasteiger charge is 2.42. The zero-order chi connectivity index (χ0) is 14.0. The van der Waals surface area contributed by atoms with Crippen molar-refractivity contribution in [1.82, 2.24) is 5.32 Å². The summed E-state index contributed by atoms with van der Waals surface area (Å²) in [7, 11) is 0. The van der Waals surface area contributed by atoms with Crippen LogP contribution in [0, 0.1) is 16.7 Å². The van der Waals surface area contributed by atoms with Crippen molar-refractivity contribution < 1.29 is 9.53 Å². The lowest BCUT2D eigenvalue weighted by molar-refractivity contribution is -0.128. The van der Waals surface area contributed by atoms with E-state index in [1.54, 1.807) is 0 Å². The molecule has 1 aromatic carbocycles. The molecule has 4 nitrogen and oxygen atoms in total. The summed E-state index contributed by atoms with van der Waals surface area (Å²) >= 11 is 0. The van der Waals surface area contributed by atoms with Crippen molar-refractivity contribution >= 4 is 5.91 Å². The lowest BCUT2D eigenvalue weighted by atomic mass is 9.86. The van der Waals surface area contributed by atoms with E-state index in [0.29, 0.717) is 19.4 Å². The Morgan fingerprint density at radius 2 is 2.10 bits per heavy atom. The standard InChI is InChI=1S/C16H18N2O2/c17-11-16(8-3-4-9-16)15(19)18-13-7-10-20-14-6-2-1-5-12(13)14/h1-2,5-6,13H,3-4,7-10H2,(H,18,19). The fourth-order valence-electron chi connectivity index (χ4n) is 3.16. The maximum atomic E-state index is 12.5. The lowest BCUT2D eigenvalue weighted by Crippen LogP contribution is -2.41. The molecule has 0 spiro atoms. The Kier molecular flexibility index (Phi) is 3.35. The lowest BCUT2D eigenvalue weighted by Gasteiger charge is -2.29. The number of ether oxygens (including phenoxy) is 1. The van der Waals surface area contributed by atoms with Gasteiger partial charge in [0.15, 0.2) is 0 Å². The van der Waals surface area contributed by atoms with Crippen LogP contribution in [-0.4, -0.2) is 12.5 Å². The maximum Gasteiger partial charge on any atom is 0.240 e. The van der Waals surface area contributed by atoms with E-state index >= 15 is 0 Å². The van der Waals surface area contributed by atoms with Gasteiger partial charge in [0, 0.05) is 12.0 Å². The summed E-state index contributed by atoms with van der Waals surface area (Å²) in [5.41, 5.74) is 0.200. The van der Waals surface area contributed by atoms with Gasteiger partial charge >= 0.3 is 0 Å². The summed E-state index contributed by atoms with van der Waals surface area (Å²) in [5, 5.41) is 12.4. The van der Waals surface area contributed by atoms with Gasteiger partial charge in [0.25, 0.3) is 0 Å². The van der Waals surface area contributed by atoms with E-state index in [1.807, 2.05) is 24.3 Å². The van der Waals surface area contributed by atoms with Crippen molar-refractivity contribution in [3.8, 4) is 11.8 Å². The molecule has 1 heterocycles. The molecule has 2 aliphatic rings. The number of rotatable bonds is 2. The first-order valence-corrected chi connectivity index (χ1v) is 7.19. The number of hydrogen-bond acceptors (Lipinski definition) is 3. The molecule has 1 aromatic rings. The number of para-hydroxylation sites is 1. The van der Waals surface area contributed by atoms with E-state index in [2.05, 4.69) is 11.4 Å². The average Bonchev–Trinajstić information content (AvgIpc) is 2.98. The monoisotopic (exact) mass is 270 g/mol. The Bertz CT molecular complexity index is 556. The van der Waals surface area contributed by atoms with Crippen molar-refractivity contribution in [2.24, 2.45) is 5.41 Å². The zero-order valence-electron chi connectivity index (χ0n) is 11.4. The molecule has 104 valence electrons. The first-order chi connectivity index (χ1) is 9.75. The summed E-state index contributed by atoms with van der Waals surface area (Å²) < 4.78 is 5.60. The highest BCUT2D eigenvalue weighted by Crippen LogP contribution is 2.39. The topological polar surface area (TPSA) is 62.1 Å². The average molecular weight is 270 g/mol. The largest absolute Gasteiger partial charge is 0.493 e. The van der Waals surface area contributed by atoms with Gasteiger partial charge < -0.3 is 10.1 Å². The van der Waals surface area contributed by atoms with Gasteiger partial charge in [-0.3, -0.25) is 4.79 Å². The van der Waals surface area contributed by atoms with Crippen molar-refractivity contribution in [2.45, 2.75) is 38.1 Å². The normalized spacial score (nSPS) is 23.2. The number of amides is 1. The fraction of sp³-hybridized carbons (Fsp3) is 0.500. The summed E-state index contributed by atoms with van der Waals surface area (Å²) in [6.07, 6.45) is 4.04. The smallest absolute Gasteiger partial charge is 0.240 e. The van der Waals surface area contributed by atoms with Crippen LogP contribution in [0.15, 0.2) is 24.3 Å². The third kappa shape index (κ3) is 2.14. The highest BCUT2D eigenvalue weighted by atomic mass is 16.5. The van der Waals surface area contributed by atoms with Crippen LogP contribution in [-0.2, 0) is 4.79 Å². The highest BCUT2D eigenvalue weighted by molar-refractivity contribution is 5.86. The first kappa shape index (κ1) is 13.0. The molecule has 1 N–H and O–H groups in total. The predicted molar refractivity (Wildman–Crippen MR) is 74.0 cm³/mol. The van der Waals surface area contributed by atoms with E-state index in [9.17, 15) is 10.1 Å². The molecule has 4 heteroatoms.